The van der Waals surface area contributed by atoms with Crippen molar-refractivity contribution in [2.24, 2.45) is 23.7 Å². The van der Waals surface area contributed by atoms with Crippen molar-refractivity contribution < 1.29 is 0 Å². The average Bonchev–Trinajstić information content (AvgIpc) is 2.97. The van der Waals surface area contributed by atoms with E-state index in [1.807, 2.05) is 0 Å². The monoisotopic (exact) mass is 237 g/mol. The minimum Gasteiger partial charge on any atom is -0.314 e. The van der Waals surface area contributed by atoms with Crippen LogP contribution in [0.1, 0.15) is 65.7 Å². The predicted octanol–water partition coefficient (Wildman–Crippen LogP) is 4.23. The second-order valence-corrected chi connectivity index (χ2v) is 6.47. The molecule has 3 unspecified atom stereocenters. The normalized spacial score (nSPS) is 32.8. The molecule has 0 aromatic rings. The van der Waals surface area contributed by atoms with E-state index in [-0.39, 0.29) is 0 Å². The Bertz CT molecular complexity index is 212. The van der Waals surface area contributed by atoms with Gasteiger partial charge in [0.15, 0.2) is 0 Å². The molecule has 0 amide bonds. The van der Waals surface area contributed by atoms with Crippen LogP contribution in [0.2, 0.25) is 0 Å². The summed E-state index contributed by atoms with van der Waals surface area (Å²) in [5.41, 5.74) is 0. The van der Waals surface area contributed by atoms with Gasteiger partial charge >= 0.3 is 0 Å². The van der Waals surface area contributed by atoms with Gasteiger partial charge in [-0.2, -0.15) is 0 Å². The molecule has 2 aliphatic carbocycles. The molecule has 0 heterocycles. The van der Waals surface area contributed by atoms with E-state index in [0.29, 0.717) is 0 Å². The van der Waals surface area contributed by atoms with E-state index in [1.165, 1.54) is 45.1 Å². The predicted molar refractivity (Wildman–Crippen MR) is 75.1 cm³/mol. The van der Waals surface area contributed by atoms with Crippen molar-refractivity contribution in [3.05, 3.63) is 0 Å². The first-order chi connectivity index (χ1) is 8.28. The number of fused-ring (bicyclic) bond motifs is 1. The number of rotatable bonds is 8. The minimum absolute atomic E-state index is 0.827. The van der Waals surface area contributed by atoms with Crippen molar-refractivity contribution in [1.29, 1.82) is 0 Å². The molecule has 0 saturated heterocycles. The van der Waals surface area contributed by atoms with Crippen LogP contribution >= 0.6 is 0 Å². The highest BCUT2D eigenvalue weighted by Gasteiger charge is 2.47. The minimum atomic E-state index is 0.827. The lowest BCUT2D eigenvalue weighted by Crippen LogP contribution is -2.37. The van der Waals surface area contributed by atoms with E-state index in [0.717, 1.165) is 29.7 Å². The van der Waals surface area contributed by atoms with Gasteiger partial charge in [-0.25, -0.2) is 0 Å². The highest BCUT2D eigenvalue weighted by atomic mass is 14.9. The fraction of sp³-hybridized carbons (Fsp3) is 1.00. The van der Waals surface area contributed by atoms with Gasteiger partial charge in [0.25, 0.3) is 0 Å². The van der Waals surface area contributed by atoms with Gasteiger partial charge in [-0.1, -0.05) is 33.6 Å². The highest BCUT2D eigenvalue weighted by molar-refractivity contribution is 4.99. The topological polar surface area (TPSA) is 12.0 Å². The third kappa shape index (κ3) is 3.47. The van der Waals surface area contributed by atoms with Crippen molar-refractivity contribution in [2.75, 3.05) is 6.54 Å². The molecule has 2 saturated carbocycles. The van der Waals surface area contributed by atoms with Crippen LogP contribution < -0.4 is 5.32 Å². The van der Waals surface area contributed by atoms with E-state index >= 15 is 0 Å². The number of nitrogens with one attached hydrogen (secondary N) is 1. The van der Waals surface area contributed by atoms with Gasteiger partial charge in [0.05, 0.1) is 0 Å². The number of hydrogen-bond acceptors (Lipinski definition) is 1. The van der Waals surface area contributed by atoms with Gasteiger partial charge in [0.1, 0.15) is 0 Å². The lowest BCUT2D eigenvalue weighted by Gasteiger charge is -2.29. The molecule has 2 rings (SSSR count). The summed E-state index contributed by atoms with van der Waals surface area (Å²) in [6.07, 6.45) is 10.1. The van der Waals surface area contributed by atoms with Crippen LogP contribution in [0.4, 0.5) is 0 Å². The zero-order valence-electron chi connectivity index (χ0n) is 12.0. The Hall–Kier alpha value is -0.0400. The largest absolute Gasteiger partial charge is 0.314 e. The molecule has 0 radical (unpaired) electrons. The van der Waals surface area contributed by atoms with Crippen LogP contribution in [0.3, 0.4) is 0 Å². The molecule has 1 heteroatoms. The Morgan fingerprint density at radius 3 is 2.18 bits per heavy atom. The van der Waals surface area contributed by atoms with Crippen LogP contribution in [-0.2, 0) is 0 Å². The molecule has 0 aromatic carbocycles. The summed E-state index contributed by atoms with van der Waals surface area (Å²) in [6.45, 7) is 8.22. The van der Waals surface area contributed by atoms with E-state index in [4.69, 9.17) is 0 Å². The molecule has 0 aliphatic heterocycles. The SMILES string of the molecule is CCCNC(CC(CC)CC)C1CC2CC2C1. The summed E-state index contributed by atoms with van der Waals surface area (Å²) in [6, 6.07) is 0.827. The Labute approximate surface area is 108 Å². The molecule has 17 heavy (non-hydrogen) atoms. The average molecular weight is 237 g/mol. The highest BCUT2D eigenvalue weighted by Crippen LogP contribution is 2.55. The second kappa shape index (κ2) is 6.22. The molecule has 0 aromatic heterocycles. The van der Waals surface area contributed by atoms with E-state index in [2.05, 4.69) is 26.1 Å². The van der Waals surface area contributed by atoms with Crippen LogP contribution in [0.15, 0.2) is 0 Å². The Morgan fingerprint density at radius 1 is 1.00 bits per heavy atom. The lowest BCUT2D eigenvalue weighted by atomic mass is 9.85. The van der Waals surface area contributed by atoms with E-state index < -0.39 is 0 Å². The molecule has 100 valence electrons. The Kier molecular flexibility index (Phi) is 4.90. The first-order valence-corrected chi connectivity index (χ1v) is 8.01. The van der Waals surface area contributed by atoms with Crippen LogP contribution in [-0.4, -0.2) is 12.6 Å². The van der Waals surface area contributed by atoms with Crippen molar-refractivity contribution in [3.63, 3.8) is 0 Å². The third-order valence-corrected chi connectivity index (χ3v) is 5.25. The van der Waals surface area contributed by atoms with Crippen LogP contribution in [0.25, 0.3) is 0 Å². The van der Waals surface area contributed by atoms with E-state index in [1.54, 1.807) is 6.42 Å². The summed E-state index contributed by atoms with van der Waals surface area (Å²) in [7, 11) is 0. The molecule has 1 N–H and O–H groups in total. The van der Waals surface area contributed by atoms with Crippen molar-refractivity contribution >= 4 is 0 Å². The molecule has 0 bridgehead atoms. The molecule has 1 nitrogen and oxygen atoms in total. The van der Waals surface area contributed by atoms with Gasteiger partial charge in [0, 0.05) is 6.04 Å². The maximum Gasteiger partial charge on any atom is 0.00981 e. The summed E-state index contributed by atoms with van der Waals surface area (Å²) in [5.74, 6) is 4.22. The zero-order valence-corrected chi connectivity index (χ0v) is 12.0. The Balaban J connectivity index is 1.83. The third-order valence-electron chi connectivity index (χ3n) is 5.25. The molecule has 0 spiro atoms. The first kappa shape index (κ1) is 13.4. The summed E-state index contributed by atoms with van der Waals surface area (Å²) >= 11 is 0. The standard InChI is InChI=1S/C16H31N/c1-4-7-17-16(8-12(5-2)6-3)15-10-13-9-14(13)11-15/h12-17H,4-11H2,1-3H3. The first-order valence-electron chi connectivity index (χ1n) is 8.01. The summed E-state index contributed by atoms with van der Waals surface area (Å²) < 4.78 is 0. The molecular formula is C16H31N. The second-order valence-electron chi connectivity index (χ2n) is 6.47. The van der Waals surface area contributed by atoms with Gasteiger partial charge in [-0.3, -0.25) is 0 Å². The summed E-state index contributed by atoms with van der Waals surface area (Å²) in [5, 5.41) is 3.85. The van der Waals surface area contributed by atoms with E-state index in [9.17, 15) is 0 Å². The molecular weight excluding hydrogens is 206 g/mol. The van der Waals surface area contributed by atoms with Gasteiger partial charge < -0.3 is 5.32 Å². The fourth-order valence-electron chi connectivity index (χ4n) is 3.84. The quantitative estimate of drug-likeness (QED) is 0.666. The maximum absolute atomic E-state index is 3.85. The molecule has 3 atom stereocenters. The van der Waals surface area contributed by atoms with Crippen LogP contribution in [0.5, 0.6) is 0 Å². The molecule has 2 fully saturated rings. The lowest BCUT2D eigenvalue weighted by molar-refractivity contribution is 0.271. The maximum atomic E-state index is 3.85. The zero-order chi connectivity index (χ0) is 12.3. The fourth-order valence-corrected chi connectivity index (χ4v) is 3.84. The number of hydrogen-bond donors (Lipinski definition) is 1. The Morgan fingerprint density at radius 2 is 1.65 bits per heavy atom. The van der Waals surface area contributed by atoms with Crippen molar-refractivity contribution in [1.82, 2.24) is 5.32 Å². The van der Waals surface area contributed by atoms with Gasteiger partial charge in [-0.05, 0) is 62.3 Å². The smallest absolute Gasteiger partial charge is 0.00981 e. The van der Waals surface area contributed by atoms with Gasteiger partial charge in [-0.15, -0.1) is 0 Å². The van der Waals surface area contributed by atoms with Crippen molar-refractivity contribution in [2.45, 2.75) is 71.8 Å². The van der Waals surface area contributed by atoms with Gasteiger partial charge in [0.2, 0.25) is 0 Å². The van der Waals surface area contributed by atoms with Crippen LogP contribution in [0, 0.1) is 23.7 Å². The summed E-state index contributed by atoms with van der Waals surface area (Å²) in [4.78, 5) is 0. The molecule has 2 aliphatic rings. The van der Waals surface area contributed by atoms with Crippen molar-refractivity contribution in [3.8, 4) is 0 Å².